The second-order valence-corrected chi connectivity index (χ2v) is 11.8. The van der Waals surface area contributed by atoms with Gasteiger partial charge in [-0.2, -0.15) is 0 Å². The molecular formula is C33H34Cl2N2O5. The van der Waals surface area contributed by atoms with Gasteiger partial charge in [-0.05, 0) is 67.1 Å². The van der Waals surface area contributed by atoms with Crippen LogP contribution in [0.3, 0.4) is 0 Å². The summed E-state index contributed by atoms with van der Waals surface area (Å²) in [6, 6.07) is 18.5. The van der Waals surface area contributed by atoms with E-state index in [9.17, 15) is 19.5 Å². The molecule has 42 heavy (non-hydrogen) atoms. The lowest BCUT2D eigenvalue weighted by atomic mass is 9.76. The van der Waals surface area contributed by atoms with Gasteiger partial charge in [0, 0.05) is 22.2 Å². The van der Waals surface area contributed by atoms with Crippen LogP contribution in [0.1, 0.15) is 71.6 Å². The Morgan fingerprint density at radius 1 is 1.00 bits per heavy atom. The molecule has 0 radical (unpaired) electrons. The van der Waals surface area contributed by atoms with Crippen LogP contribution in [0.2, 0.25) is 10.0 Å². The zero-order valence-electron chi connectivity index (χ0n) is 23.4. The first-order chi connectivity index (χ1) is 20.3. The number of ether oxygens (including phenoxy) is 1. The van der Waals surface area contributed by atoms with Gasteiger partial charge in [-0.25, -0.2) is 0 Å². The van der Waals surface area contributed by atoms with Gasteiger partial charge in [0.05, 0.1) is 24.1 Å². The quantitative estimate of drug-likeness (QED) is 0.315. The average molecular weight is 610 g/mol. The highest BCUT2D eigenvalue weighted by atomic mass is 35.5. The second-order valence-electron chi connectivity index (χ2n) is 10.9. The average Bonchev–Trinajstić information content (AvgIpc) is 2.97. The van der Waals surface area contributed by atoms with E-state index in [-0.39, 0.29) is 24.2 Å². The first-order valence-corrected chi connectivity index (χ1v) is 15.0. The van der Waals surface area contributed by atoms with Crippen molar-refractivity contribution in [2.45, 2.75) is 63.1 Å². The molecule has 220 valence electrons. The van der Waals surface area contributed by atoms with Crippen molar-refractivity contribution in [3.63, 3.8) is 0 Å². The van der Waals surface area contributed by atoms with E-state index < -0.39 is 24.1 Å². The molecular weight excluding hydrogens is 575 g/mol. The monoisotopic (exact) mass is 608 g/mol. The third-order valence-corrected chi connectivity index (χ3v) is 8.65. The Morgan fingerprint density at radius 2 is 1.74 bits per heavy atom. The van der Waals surface area contributed by atoms with E-state index in [0.717, 1.165) is 18.4 Å². The maximum absolute atomic E-state index is 14.2. The lowest BCUT2D eigenvalue weighted by molar-refractivity contribution is -0.125. The Labute approximate surface area is 255 Å². The van der Waals surface area contributed by atoms with Crippen LogP contribution in [0.25, 0.3) is 0 Å². The molecule has 1 aliphatic heterocycles. The van der Waals surface area contributed by atoms with Gasteiger partial charge in [-0.3, -0.25) is 14.4 Å². The van der Waals surface area contributed by atoms with Crippen molar-refractivity contribution in [1.82, 2.24) is 10.2 Å². The Morgan fingerprint density at radius 3 is 2.50 bits per heavy atom. The molecule has 1 aliphatic carbocycles. The Balaban J connectivity index is 1.50. The van der Waals surface area contributed by atoms with Gasteiger partial charge >= 0.3 is 0 Å². The summed E-state index contributed by atoms with van der Waals surface area (Å²) in [4.78, 5) is 41.4. The van der Waals surface area contributed by atoms with E-state index in [4.69, 9.17) is 27.9 Å². The highest BCUT2D eigenvalue weighted by Gasteiger charge is 2.48. The molecule has 1 heterocycles. The number of carbonyl (C=O) groups excluding carboxylic acids is 3. The molecule has 0 unspecified atom stereocenters. The van der Waals surface area contributed by atoms with E-state index in [1.165, 1.54) is 6.92 Å². The SMILES string of the molecule is CC(=O)COc1ccccc1CCNC(=O)[C@@H]1c2ccccc2C(=O)N([C@H]2CCCC[C@@H]2O)[C@H]1c1ccc(Cl)cc1Cl. The third kappa shape index (κ3) is 6.33. The minimum Gasteiger partial charge on any atom is -0.486 e. The third-order valence-electron chi connectivity index (χ3n) is 8.09. The number of carbonyl (C=O) groups is 3. The summed E-state index contributed by atoms with van der Waals surface area (Å²) in [7, 11) is 0. The lowest BCUT2D eigenvalue weighted by Gasteiger charge is -2.48. The van der Waals surface area contributed by atoms with Gasteiger partial charge in [0.2, 0.25) is 5.91 Å². The van der Waals surface area contributed by atoms with Crippen LogP contribution in [0.15, 0.2) is 66.7 Å². The van der Waals surface area contributed by atoms with Gasteiger partial charge in [0.15, 0.2) is 5.78 Å². The predicted molar refractivity (Wildman–Crippen MR) is 162 cm³/mol. The Hall–Kier alpha value is -3.39. The van der Waals surface area contributed by atoms with Crippen LogP contribution in [0.4, 0.5) is 0 Å². The number of Topliss-reactive ketones (excluding diaryl/α,β-unsaturated/α-hetero) is 1. The van der Waals surface area contributed by atoms with Gasteiger partial charge < -0.3 is 20.1 Å². The van der Waals surface area contributed by atoms with Crippen LogP contribution in [0, 0.1) is 0 Å². The van der Waals surface area contributed by atoms with Crippen LogP contribution >= 0.6 is 23.2 Å². The zero-order chi connectivity index (χ0) is 29.8. The molecule has 5 rings (SSSR count). The number of rotatable bonds is 9. The number of para-hydroxylation sites is 1. The number of aliphatic hydroxyl groups is 1. The standard InChI is InChI=1S/C33H34Cl2N2O5/c1-20(38)19-42-29-13-7-2-8-21(29)16-17-36-32(40)30-23-9-3-4-10-24(23)33(41)37(27-11-5-6-12-28(27)39)31(30)25-15-14-22(34)18-26(25)35/h2-4,7-10,13-15,18,27-28,30-31,39H,5-6,11-12,16-17,19H2,1H3,(H,36,40)/t27-,28-,30+,31-/m0/s1. The molecule has 3 aromatic rings. The van der Waals surface area contributed by atoms with Gasteiger partial charge in [0.25, 0.3) is 5.91 Å². The number of halogens is 2. The van der Waals surface area contributed by atoms with Crippen molar-refractivity contribution in [3.8, 4) is 5.75 Å². The van der Waals surface area contributed by atoms with E-state index >= 15 is 0 Å². The fourth-order valence-electron chi connectivity index (χ4n) is 6.15. The molecule has 0 bridgehead atoms. The number of nitrogens with zero attached hydrogens (tertiary/aromatic N) is 1. The maximum Gasteiger partial charge on any atom is 0.255 e. The number of hydrogen-bond donors (Lipinski definition) is 2. The molecule has 1 fully saturated rings. The summed E-state index contributed by atoms with van der Waals surface area (Å²) in [5.41, 5.74) is 2.52. The summed E-state index contributed by atoms with van der Waals surface area (Å²) in [5.74, 6) is -0.755. The van der Waals surface area contributed by atoms with Crippen molar-refractivity contribution in [2.75, 3.05) is 13.2 Å². The van der Waals surface area contributed by atoms with Crippen molar-refractivity contribution in [2.24, 2.45) is 0 Å². The van der Waals surface area contributed by atoms with Gasteiger partial charge in [-0.15, -0.1) is 0 Å². The minimum atomic E-state index is -0.782. The topological polar surface area (TPSA) is 95.9 Å². The van der Waals surface area contributed by atoms with Crippen molar-refractivity contribution < 1.29 is 24.2 Å². The molecule has 0 spiro atoms. The fourth-order valence-corrected chi connectivity index (χ4v) is 6.67. The Kier molecular flexibility index (Phi) is 9.51. The minimum absolute atomic E-state index is 0.0252. The van der Waals surface area contributed by atoms with Gasteiger partial charge in [-0.1, -0.05) is 78.5 Å². The summed E-state index contributed by atoms with van der Waals surface area (Å²) in [6.07, 6.45) is 2.73. The second kappa shape index (κ2) is 13.3. The summed E-state index contributed by atoms with van der Waals surface area (Å²) >= 11 is 13.0. The zero-order valence-corrected chi connectivity index (χ0v) is 24.9. The number of nitrogens with one attached hydrogen (secondary N) is 1. The lowest BCUT2D eigenvalue weighted by Crippen LogP contribution is -2.55. The molecule has 0 saturated heterocycles. The highest BCUT2D eigenvalue weighted by molar-refractivity contribution is 6.35. The van der Waals surface area contributed by atoms with Crippen molar-refractivity contribution in [1.29, 1.82) is 0 Å². The fraction of sp³-hybridized carbons (Fsp3) is 0.364. The van der Waals surface area contributed by atoms with E-state index in [0.29, 0.717) is 58.3 Å². The molecule has 9 heteroatoms. The summed E-state index contributed by atoms with van der Waals surface area (Å²) < 4.78 is 5.66. The Bertz CT molecular complexity index is 1480. The number of fused-ring (bicyclic) bond motifs is 1. The predicted octanol–water partition coefficient (Wildman–Crippen LogP) is 5.90. The van der Waals surface area contributed by atoms with Gasteiger partial charge in [0.1, 0.15) is 12.4 Å². The molecule has 1 saturated carbocycles. The van der Waals surface area contributed by atoms with E-state index in [1.807, 2.05) is 30.3 Å². The number of benzene rings is 3. The first-order valence-electron chi connectivity index (χ1n) is 14.3. The van der Waals surface area contributed by atoms with Crippen molar-refractivity contribution >= 4 is 40.8 Å². The van der Waals surface area contributed by atoms with Crippen LogP contribution in [-0.2, 0) is 16.0 Å². The molecule has 3 aromatic carbocycles. The molecule has 2 aliphatic rings. The van der Waals surface area contributed by atoms with E-state index in [2.05, 4.69) is 5.32 Å². The van der Waals surface area contributed by atoms with Crippen LogP contribution in [-0.4, -0.2) is 52.9 Å². The number of aliphatic hydroxyl groups excluding tert-OH is 1. The molecule has 0 aromatic heterocycles. The summed E-state index contributed by atoms with van der Waals surface area (Å²) in [5, 5.41) is 15.0. The highest BCUT2D eigenvalue weighted by Crippen LogP contribution is 2.47. The number of hydrogen-bond acceptors (Lipinski definition) is 5. The molecule has 2 N–H and O–H groups in total. The number of ketones is 1. The smallest absolute Gasteiger partial charge is 0.255 e. The number of amides is 2. The van der Waals surface area contributed by atoms with E-state index in [1.54, 1.807) is 41.3 Å². The largest absolute Gasteiger partial charge is 0.486 e. The molecule has 4 atom stereocenters. The maximum atomic E-state index is 14.2. The van der Waals surface area contributed by atoms with Crippen LogP contribution < -0.4 is 10.1 Å². The molecule has 7 nitrogen and oxygen atoms in total. The van der Waals surface area contributed by atoms with Crippen molar-refractivity contribution in [3.05, 3.63) is 99.0 Å². The normalized spacial score (nSPS) is 21.9. The summed E-state index contributed by atoms with van der Waals surface area (Å²) in [6.45, 7) is 1.75. The molecule has 2 amide bonds. The van der Waals surface area contributed by atoms with Crippen LogP contribution in [0.5, 0.6) is 5.75 Å². The first kappa shape index (κ1) is 30.1.